The first-order valence-electron chi connectivity index (χ1n) is 14.8. The smallest absolute Gasteiger partial charge is 0.411 e. The van der Waals surface area contributed by atoms with E-state index >= 15 is 0 Å². The minimum absolute atomic E-state index is 0.0402. The molecule has 218 valence electrons. The molecule has 1 aliphatic rings. The molecule has 0 atom stereocenters. The van der Waals surface area contributed by atoms with E-state index in [1.165, 1.54) is 5.56 Å². The molecular weight excluding hydrogens is 512 g/mol. The van der Waals surface area contributed by atoms with Crippen LogP contribution in [0.4, 0.5) is 10.5 Å². The highest BCUT2D eigenvalue weighted by atomic mass is 16.6. The van der Waals surface area contributed by atoms with Crippen molar-refractivity contribution in [2.45, 2.75) is 52.3 Å². The Morgan fingerprint density at radius 3 is 2.27 bits per heavy atom. The molecule has 2 amide bonds. The summed E-state index contributed by atoms with van der Waals surface area (Å²) in [4.78, 5) is 32.2. The van der Waals surface area contributed by atoms with Crippen molar-refractivity contribution in [1.82, 2.24) is 14.7 Å². The summed E-state index contributed by atoms with van der Waals surface area (Å²) in [5, 5.41) is 2.93. The van der Waals surface area contributed by atoms with Crippen LogP contribution < -0.4 is 5.32 Å². The molecule has 1 N–H and O–H groups in total. The molecule has 1 fully saturated rings. The molecule has 0 aliphatic carbocycles. The van der Waals surface area contributed by atoms with Gasteiger partial charge in [0.2, 0.25) is 0 Å². The first kappa shape index (κ1) is 30.3. The van der Waals surface area contributed by atoms with E-state index in [-0.39, 0.29) is 12.0 Å². The number of amides is 2. The van der Waals surface area contributed by atoms with E-state index in [0.29, 0.717) is 12.6 Å². The van der Waals surface area contributed by atoms with Crippen LogP contribution >= 0.6 is 0 Å². The van der Waals surface area contributed by atoms with Gasteiger partial charge in [0.25, 0.3) is 5.91 Å². The number of ether oxygens (including phenoxy) is 1. The van der Waals surface area contributed by atoms with Crippen LogP contribution in [0.25, 0.3) is 11.1 Å². The highest BCUT2D eigenvalue weighted by Crippen LogP contribution is 2.28. The summed E-state index contributed by atoms with van der Waals surface area (Å²) >= 11 is 0. The van der Waals surface area contributed by atoms with Crippen molar-refractivity contribution in [2.75, 3.05) is 45.1 Å². The van der Waals surface area contributed by atoms with Crippen molar-refractivity contribution in [3.05, 3.63) is 90.0 Å². The Kier molecular flexibility index (Phi) is 10.9. The van der Waals surface area contributed by atoms with E-state index in [1.807, 2.05) is 73.8 Å². The standard InChI is InChI=1S/C34H44N4O3/c1-5-38(26(2)3)25-27-15-17-29(18-16-27)33(39)36(4)23-24-37-21-19-30(20-22-37)41-34(40)35-32-14-10-9-13-31(32)28-11-7-6-8-12-28/h6-18,26,30H,5,19-25H2,1-4H3,(H,35,40). The maximum atomic E-state index is 13.0. The second-order valence-electron chi connectivity index (χ2n) is 11.1. The highest BCUT2D eigenvalue weighted by Gasteiger charge is 2.23. The summed E-state index contributed by atoms with van der Waals surface area (Å²) < 4.78 is 5.77. The third kappa shape index (κ3) is 8.65. The first-order valence-corrected chi connectivity index (χ1v) is 14.8. The summed E-state index contributed by atoms with van der Waals surface area (Å²) in [6.07, 6.45) is 1.01. The molecule has 7 nitrogen and oxygen atoms in total. The molecule has 0 aromatic heterocycles. The van der Waals surface area contributed by atoms with E-state index in [0.717, 1.165) is 67.9 Å². The number of likely N-dealkylation sites (N-methyl/N-ethyl adjacent to an activating group) is 1. The number of carbonyl (C=O) groups excluding carboxylic acids is 2. The average Bonchev–Trinajstić information content (AvgIpc) is 2.99. The Hall–Kier alpha value is -3.68. The highest BCUT2D eigenvalue weighted by molar-refractivity contribution is 5.94. The van der Waals surface area contributed by atoms with Crippen molar-refractivity contribution in [3.8, 4) is 11.1 Å². The van der Waals surface area contributed by atoms with Gasteiger partial charge in [-0.15, -0.1) is 0 Å². The summed E-state index contributed by atoms with van der Waals surface area (Å²) in [5.74, 6) is 0.0402. The monoisotopic (exact) mass is 556 g/mol. The molecule has 0 saturated carbocycles. The Morgan fingerprint density at radius 1 is 0.951 bits per heavy atom. The number of hydrogen-bond acceptors (Lipinski definition) is 5. The van der Waals surface area contributed by atoms with Crippen molar-refractivity contribution < 1.29 is 14.3 Å². The van der Waals surface area contributed by atoms with E-state index in [4.69, 9.17) is 4.74 Å². The minimum Gasteiger partial charge on any atom is -0.446 e. The van der Waals surface area contributed by atoms with Crippen molar-refractivity contribution in [1.29, 1.82) is 0 Å². The van der Waals surface area contributed by atoms with E-state index in [9.17, 15) is 9.59 Å². The van der Waals surface area contributed by atoms with Gasteiger partial charge in [0.15, 0.2) is 0 Å². The Labute approximate surface area is 245 Å². The number of nitrogens with one attached hydrogen (secondary N) is 1. The normalized spacial score (nSPS) is 14.3. The van der Waals surface area contributed by atoms with Crippen LogP contribution in [0.15, 0.2) is 78.9 Å². The van der Waals surface area contributed by atoms with Crippen LogP contribution in [-0.4, -0.2) is 78.6 Å². The number of para-hydroxylation sites is 1. The molecule has 41 heavy (non-hydrogen) atoms. The zero-order valence-electron chi connectivity index (χ0n) is 24.9. The molecule has 3 aromatic carbocycles. The average molecular weight is 557 g/mol. The quantitative estimate of drug-likeness (QED) is 0.297. The number of rotatable bonds is 11. The molecule has 1 aliphatic heterocycles. The zero-order chi connectivity index (χ0) is 29.2. The second-order valence-corrected chi connectivity index (χ2v) is 11.1. The lowest BCUT2D eigenvalue weighted by Crippen LogP contribution is -2.42. The van der Waals surface area contributed by atoms with Gasteiger partial charge in [-0.25, -0.2) is 4.79 Å². The Balaban J connectivity index is 1.19. The lowest BCUT2D eigenvalue weighted by Gasteiger charge is -2.32. The maximum Gasteiger partial charge on any atom is 0.411 e. The van der Waals surface area contributed by atoms with Crippen LogP contribution in [0.3, 0.4) is 0 Å². The maximum absolute atomic E-state index is 13.0. The molecule has 0 spiro atoms. The van der Waals surface area contributed by atoms with E-state index < -0.39 is 6.09 Å². The predicted octanol–water partition coefficient (Wildman–Crippen LogP) is 6.37. The molecular formula is C34H44N4O3. The van der Waals surface area contributed by atoms with E-state index in [1.54, 1.807) is 4.90 Å². The molecule has 1 heterocycles. The van der Waals surface area contributed by atoms with Crippen LogP contribution in [-0.2, 0) is 11.3 Å². The fourth-order valence-corrected chi connectivity index (χ4v) is 5.26. The van der Waals surface area contributed by atoms with Crippen LogP contribution in [0.2, 0.25) is 0 Å². The van der Waals surface area contributed by atoms with Gasteiger partial charge in [-0.2, -0.15) is 0 Å². The third-order valence-corrected chi connectivity index (χ3v) is 7.88. The summed E-state index contributed by atoms with van der Waals surface area (Å²) in [6.45, 7) is 11.6. The molecule has 1 saturated heterocycles. The summed E-state index contributed by atoms with van der Waals surface area (Å²) in [6, 6.07) is 26.2. The molecule has 7 heteroatoms. The van der Waals surface area contributed by atoms with Crippen molar-refractivity contribution in [3.63, 3.8) is 0 Å². The van der Waals surface area contributed by atoms with Gasteiger partial charge in [-0.05, 0) is 62.6 Å². The van der Waals surface area contributed by atoms with Gasteiger partial charge in [-0.3, -0.25) is 15.0 Å². The van der Waals surface area contributed by atoms with Crippen LogP contribution in [0.5, 0.6) is 0 Å². The van der Waals surface area contributed by atoms with Gasteiger partial charge in [0, 0.05) is 56.9 Å². The summed E-state index contributed by atoms with van der Waals surface area (Å²) in [5.41, 5.74) is 4.68. The second kappa shape index (κ2) is 14.8. The minimum atomic E-state index is -0.421. The van der Waals surface area contributed by atoms with Gasteiger partial charge >= 0.3 is 6.09 Å². The lowest BCUT2D eigenvalue weighted by atomic mass is 10.0. The van der Waals surface area contributed by atoms with Crippen molar-refractivity contribution >= 4 is 17.7 Å². The fraction of sp³-hybridized carbons (Fsp3) is 0.412. The number of anilines is 1. The number of nitrogens with zero attached hydrogens (tertiary/aromatic N) is 3. The zero-order valence-corrected chi connectivity index (χ0v) is 24.9. The SMILES string of the molecule is CCN(Cc1ccc(C(=O)N(C)CCN2CCC(OC(=O)Nc3ccccc3-c3ccccc3)CC2)cc1)C(C)C. The molecule has 0 bridgehead atoms. The van der Waals surface area contributed by atoms with E-state index in [2.05, 4.69) is 48.0 Å². The molecule has 3 aromatic rings. The summed E-state index contributed by atoms with van der Waals surface area (Å²) in [7, 11) is 1.86. The molecule has 0 radical (unpaired) electrons. The number of piperidine rings is 1. The number of likely N-dealkylation sites (tertiary alicyclic amines) is 1. The fourth-order valence-electron chi connectivity index (χ4n) is 5.26. The first-order chi connectivity index (χ1) is 19.8. The molecule has 4 rings (SSSR count). The van der Waals surface area contributed by atoms with Gasteiger partial charge in [0.05, 0.1) is 5.69 Å². The third-order valence-electron chi connectivity index (χ3n) is 7.88. The predicted molar refractivity (Wildman–Crippen MR) is 166 cm³/mol. The van der Waals surface area contributed by atoms with Crippen LogP contribution in [0, 0.1) is 0 Å². The topological polar surface area (TPSA) is 65.1 Å². The molecule has 0 unspecified atom stereocenters. The lowest BCUT2D eigenvalue weighted by molar-refractivity contribution is 0.0540. The van der Waals surface area contributed by atoms with Crippen molar-refractivity contribution in [2.24, 2.45) is 0 Å². The van der Waals surface area contributed by atoms with Gasteiger partial charge < -0.3 is 14.5 Å². The number of carbonyl (C=O) groups is 2. The van der Waals surface area contributed by atoms with Gasteiger partial charge in [-0.1, -0.05) is 67.6 Å². The Bertz CT molecular complexity index is 1250. The largest absolute Gasteiger partial charge is 0.446 e. The Morgan fingerprint density at radius 2 is 1.61 bits per heavy atom. The number of hydrogen-bond donors (Lipinski definition) is 1. The van der Waals surface area contributed by atoms with Crippen LogP contribution in [0.1, 0.15) is 49.5 Å². The number of benzene rings is 3. The van der Waals surface area contributed by atoms with Gasteiger partial charge in [0.1, 0.15) is 6.10 Å².